The second kappa shape index (κ2) is 4.58. The van der Waals surface area contributed by atoms with Gasteiger partial charge in [0.1, 0.15) is 0 Å². The fourth-order valence-electron chi connectivity index (χ4n) is 2.58. The Bertz CT molecular complexity index is 593. The molecule has 1 atom stereocenters. The lowest BCUT2D eigenvalue weighted by Gasteiger charge is -2.33. The highest BCUT2D eigenvalue weighted by molar-refractivity contribution is 7.89. The second-order valence-corrected chi connectivity index (χ2v) is 7.63. The molecule has 1 unspecified atom stereocenters. The first-order valence-corrected chi connectivity index (χ1v) is 7.89. The van der Waals surface area contributed by atoms with Crippen molar-refractivity contribution in [1.29, 1.82) is 0 Å². The summed E-state index contributed by atoms with van der Waals surface area (Å²) >= 11 is 0. The SMILES string of the molecule is Cc1ccc(C)c(S(=O)(=O)N2CCC(O)C2(C)C)c1. The Balaban J connectivity index is 2.52. The first-order chi connectivity index (χ1) is 8.67. The molecule has 1 fully saturated rings. The zero-order valence-corrected chi connectivity index (χ0v) is 12.7. The number of nitrogens with zero attached hydrogens (tertiary/aromatic N) is 1. The molecule has 1 aliphatic rings. The number of benzene rings is 1. The second-order valence-electron chi connectivity index (χ2n) is 5.80. The van der Waals surface area contributed by atoms with Gasteiger partial charge in [0.15, 0.2) is 0 Å². The van der Waals surface area contributed by atoms with Crippen molar-refractivity contribution in [2.75, 3.05) is 6.54 Å². The summed E-state index contributed by atoms with van der Waals surface area (Å²) in [6.45, 7) is 7.58. The molecule has 0 aliphatic carbocycles. The summed E-state index contributed by atoms with van der Waals surface area (Å²) in [5.41, 5.74) is 0.902. The van der Waals surface area contributed by atoms with E-state index in [1.54, 1.807) is 26.8 Å². The van der Waals surface area contributed by atoms with Gasteiger partial charge in [-0.25, -0.2) is 8.42 Å². The molecule has 2 rings (SSSR count). The smallest absolute Gasteiger partial charge is 0.243 e. The van der Waals surface area contributed by atoms with Crippen molar-refractivity contribution in [1.82, 2.24) is 4.31 Å². The van der Waals surface area contributed by atoms with E-state index in [2.05, 4.69) is 0 Å². The lowest BCUT2D eigenvalue weighted by atomic mass is 10.0. The first-order valence-electron chi connectivity index (χ1n) is 6.45. The van der Waals surface area contributed by atoms with Gasteiger partial charge in [0.25, 0.3) is 0 Å². The van der Waals surface area contributed by atoms with Crippen LogP contribution in [0.2, 0.25) is 0 Å². The largest absolute Gasteiger partial charge is 0.391 e. The summed E-state index contributed by atoms with van der Waals surface area (Å²) in [5, 5.41) is 9.96. The highest BCUT2D eigenvalue weighted by Crippen LogP contribution is 2.35. The Morgan fingerprint density at radius 3 is 2.47 bits per heavy atom. The van der Waals surface area contributed by atoms with E-state index in [1.165, 1.54) is 4.31 Å². The van der Waals surface area contributed by atoms with Crippen LogP contribution in [0, 0.1) is 13.8 Å². The van der Waals surface area contributed by atoms with Crippen LogP contribution >= 0.6 is 0 Å². The summed E-state index contributed by atoms with van der Waals surface area (Å²) in [4.78, 5) is 0.342. The molecule has 19 heavy (non-hydrogen) atoms. The molecular formula is C14H21NO3S. The number of aryl methyl sites for hydroxylation is 2. The van der Waals surface area contributed by atoms with Gasteiger partial charge in [-0.05, 0) is 51.3 Å². The molecule has 1 heterocycles. The Hall–Kier alpha value is -0.910. The Morgan fingerprint density at radius 1 is 1.32 bits per heavy atom. The zero-order valence-electron chi connectivity index (χ0n) is 11.8. The van der Waals surface area contributed by atoms with E-state index in [9.17, 15) is 13.5 Å². The number of hydrogen-bond acceptors (Lipinski definition) is 3. The lowest BCUT2D eigenvalue weighted by Crippen LogP contribution is -2.48. The Labute approximate surface area is 115 Å². The van der Waals surface area contributed by atoms with Gasteiger partial charge in [0, 0.05) is 6.54 Å². The van der Waals surface area contributed by atoms with Crippen LogP contribution in [0.4, 0.5) is 0 Å². The highest BCUT2D eigenvalue weighted by Gasteiger charge is 2.47. The van der Waals surface area contributed by atoms with E-state index >= 15 is 0 Å². The van der Waals surface area contributed by atoms with Crippen LogP contribution in [0.5, 0.6) is 0 Å². The van der Waals surface area contributed by atoms with Crippen molar-refractivity contribution in [3.05, 3.63) is 29.3 Å². The average molecular weight is 283 g/mol. The van der Waals surface area contributed by atoms with Crippen molar-refractivity contribution >= 4 is 10.0 Å². The van der Waals surface area contributed by atoms with Crippen LogP contribution in [-0.4, -0.2) is 36.0 Å². The van der Waals surface area contributed by atoms with Crippen molar-refractivity contribution in [2.45, 2.75) is 50.7 Å². The van der Waals surface area contributed by atoms with Crippen LogP contribution in [0.15, 0.2) is 23.1 Å². The number of sulfonamides is 1. The van der Waals surface area contributed by atoms with Crippen LogP contribution < -0.4 is 0 Å². The molecular weight excluding hydrogens is 262 g/mol. The van der Waals surface area contributed by atoms with Crippen LogP contribution in [0.1, 0.15) is 31.4 Å². The molecule has 0 aromatic heterocycles. The summed E-state index contributed by atoms with van der Waals surface area (Å²) in [6, 6.07) is 5.42. The monoisotopic (exact) mass is 283 g/mol. The molecule has 0 spiro atoms. The van der Waals surface area contributed by atoms with Gasteiger partial charge in [0.05, 0.1) is 16.5 Å². The Kier molecular flexibility index (Phi) is 3.49. The maximum Gasteiger partial charge on any atom is 0.243 e. The van der Waals surface area contributed by atoms with Crippen LogP contribution in [0.25, 0.3) is 0 Å². The maximum absolute atomic E-state index is 12.8. The highest BCUT2D eigenvalue weighted by atomic mass is 32.2. The van der Waals surface area contributed by atoms with Crippen molar-refractivity contribution in [3.63, 3.8) is 0 Å². The molecule has 1 aliphatic heterocycles. The third-order valence-electron chi connectivity index (χ3n) is 3.98. The molecule has 0 saturated carbocycles. The Morgan fingerprint density at radius 2 is 1.95 bits per heavy atom. The van der Waals surface area contributed by atoms with Crippen LogP contribution in [0.3, 0.4) is 0 Å². The molecule has 1 aromatic rings. The molecule has 0 amide bonds. The molecule has 0 radical (unpaired) electrons. The number of aliphatic hydroxyl groups excluding tert-OH is 1. The maximum atomic E-state index is 12.8. The standard InChI is InChI=1S/C14H21NO3S/c1-10-5-6-11(2)12(9-10)19(17,18)15-8-7-13(16)14(15,3)4/h5-6,9,13,16H,7-8H2,1-4H3. The van der Waals surface area contributed by atoms with E-state index in [4.69, 9.17) is 0 Å². The van der Waals surface area contributed by atoms with E-state index in [0.29, 0.717) is 17.9 Å². The molecule has 1 aromatic carbocycles. The van der Waals surface area contributed by atoms with Gasteiger partial charge < -0.3 is 5.11 Å². The van der Waals surface area contributed by atoms with E-state index in [0.717, 1.165) is 11.1 Å². The van der Waals surface area contributed by atoms with E-state index < -0.39 is 21.7 Å². The molecule has 5 heteroatoms. The fourth-order valence-corrected chi connectivity index (χ4v) is 4.72. The van der Waals surface area contributed by atoms with Gasteiger partial charge in [-0.15, -0.1) is 0 Å². The number of hydrogen-bond donors (Lipinski definition) is 1. The predicted octanol–water partition coefficient (Wildman–Crippen LogP) is 1.84. The molecule has 4 nitrogen and oxygen atoms in total. The minimum Gasteiger partial charge on any atom is -0.391 e. The fraction of sp³-hybridized carbons (Fsp3) is 0.571. The molecule has 1 saturated heterocycles. The van der Waals surface area contributed by atoms with Gasteiger partial charge in [0.2, 0.25) is 10.0 Å². The summed E-state index contributed by atoms with van der Waals surface area (Å²) in [6.07, 6.45) is -0.135. The summed E-state index contributed by atoms with van der Waals surface area (Å²) in [7, 11) is -3.56. The molecule has 106 valence electrons. The third kappa shape index (κ3) is 2.30. The van der Waals surface area contributed by atoms with Gasteiger partial charge in [-0.3, -0.25) is 0 Å². The molecule has 0 bridgehead atoms. The van der Waals surface area contributed by atoms with Gasteiger partial charge in [-0.1, -0.05) is 12.1 Å². The molecule has 1 N–H and O–H groups in total. The van der Waals surface area contributed by atoms with Gasteiger partial charge in [-0.2, -0.15) is 4.31 Å². The first kappa shape index (κ1) is 14.5. The minimum absolute atomic E-state index is 0.342. The van der Waals surface area contributed by atoms with Crippen molar-refractivity contribution < 1.29 is 13.5 Å². The van der Waals surface area contributed by atoms with Crippen molar-refractivity contribution in [3.8, 4) is 0 Å². The quantitative estimate of drug-likeness (QED) is 0.901. The normalized spacial score (nSPS) is 23.7. The van der Waals surface area contributed by atoms with E-state index in [-0.39, 0.29) is 0 Å². The van der Waals surface area contributed by atoms with Crippen LogP contribution in [-0.2, 0) is 10.0 Å². The number of aliphatic hydroxyl groups is 1. The number of rotatable bonds is 2. The predicted molar refractivity (Wildman–Crippen MR) is 74.5 cm³/mol. The minimum atomic E-state index is -3.56. The van der Waals surface area contributed by atoms with Crippen molar-refractivity contribution in [2.24, 2.45) is 0 Å². The third-order valence-corrected chi connectivity index (χ3v) is 6.20. The zero-order chi connectivity index (χ0) is 14.4. The lowest BCUT2D eigenvalue weighted by molar-refractivity contribution is 0.0901. The summed E-state index contributed by atoms with van der Waals surface area (Å²) < 4.78 is 27.0. The van der Waals surface area contributed by atoms with E-state index in [1.807, 2.05) is 19.1 Å². The average Bonchev–Trinajstić information content (AvgIpc) is 2.57. The summed E-state index contributed by atoms with van der Waals surface area (Å²) in [5.74, 6) is 0. The van der Waals surface area contributed by atoms with Gasteiger partial charge >= 0.3 is 0 Å². The topological polar surface area (TPSA) is 57.6 Å².